The van der Waals surface area contributed by atoms with Gasteiger partial charge in [0.25, 0.3) is 0 Å². The molecule has 0 fully saturated rings. The van der Waals surface area contributed by atoms with Gasteiger partial charge >= 0.3 is 0 Å². The Morgan fingerprint density at radius 2 is 1.92 bits per heavy atom. The molecule has 1 nitrogen and oxygen atoms in total. The molecule has 0 atom stereocenters. The highest BCUT2D eigenvalue weighted by molar-refractivity contribution is 5.40. The van der Waals surface area contributed by atoms with Crippen molar-refractivity contribution in [2.45, 2.75) is 39.5 Å². The lowest BCUT2D eigenvalue weighted by Crippen LogP contribution is -1.99. The third-order valence-corrected chi connectivity index (χ3v) is 1.96. The van der Waals surface area contributed by atoms with Gasteiger partial charge in [-0.15, -0.1) is 0 Å². The van der Waals surface area contributed by atoms with Crippen molar-refractivity contribution in [2.24, 2.45) is 5.73 Å². The van der Waals surface area contributed by atoms with Crippen LogP contribution in [-0.2, 0) is 0 Å². The molecule has 0 aliphatic rings. The van der Waals surface area contributed by atoms with E-state index in [0.717, 1.165) is 17.6 Å². The third kappa shape index (κ3) is 5.29. The zero-order chi connectivity index (χ0) is 10.3. The molecule has 74 valence electrons. The summed E-state index contributed by atoms with van der Waals surface area (Å²) >= 11 is 0. The molecule has 0 aromatic carbocycles. The van der Waals surface area contributed by atoms with Gasteiger partial charge in [0.2, 0.25) is 0 Å². The monoisotopic (exact) mass is 179 g/mol. The van der Waals surface area contributed by atoms with E-state index in [1.54, 1.807) is 0 Å². The maximum atomic E-state index is 5.63. The van der Waals surface area contributed by atoms with Gasteiger partial charge in [-0.3, -0.25) is 0 Å². The molecule has 0 heterocycles. The Bertz CT molecular complexity index is 195. The summed E-state index contributed by atoms with van der Waals surface area (Å²) in [5.41, 5.74) is 8.29. The first-order valence-corrected chi connectivity index (χ1v) is 4.90. The Morgan fingerprint density at radius 1 is 1.31 bits per heavy atom. The molecule has 0 unspecified atom stereocenters. The average Bonchev–Trinajstić information content (AvgIpc) is 2.02. The van der Waals surface area contributed by atoms with Crippen LogP contribution in [0.1, 0.15) is 39.5 Å². The summed E-state index contributed by atoms with van der Waals surface area (Å²) < 4.78 is 0. The van der Waals surface area contributed by atoms with Crippen LogP contribution < -0.4 is 5.73 Å². The van der Waals surface area contributed by atoms with E-state index in [0.29, 0.717) is 5.70 Å². The van der Waals surface area contributed by atoms with Gasteiger partial charge in [-0.1, -0.05) is 39.0 Å². The predicted octanol–water partition coefficient (Wildman–Crippen LogP) is 3.54. The van der Waals surface area contributed by atoms with Crippen LogP contribution in [0.4, 0.5) is 0 Å². The van der Waals surface area contributed by atoms with Gasteiger partial charge in [0, 0.05) is 5.70 Å². The fourth-order valence-corrected chi connectivity index (χ4v) is 1.22. The molecule has 2 N–H and O–H groups in total. The second-order valence-electron chi connectivity index (χ2n) is 3.42. The van der Waals surface area contributed by atoms with E-state index in [4.69, 9.17) is 5.73 Å². The number of allylic oxidation sites excluding steroid dienone is 2. The van der Waals surface area contributed by atoms with Crippen LogP contribution in [-0.4, -0.2) is 0 Å². The molecular weight excluding hydrogens is 158 g/mol. The Morgan fingerprint density at radius 3 is 2.31 bits per heavy atom. The maximum absolute atomic E-state index is 5.63. The third-order valence-electron chi connectivity index (χ3n) is 1.96. The molecule has 0 radical (unpaired) electrons. The zero-order valence-corrected chi connectivity index (χ0v) is 8.90. The van der Waals surface area contributed by atoms with Crippen LogP contribution in [0, 0.1) is 0 Å². The quantitative estimate of drug-likeness (QED) is 0.490. The van der Waals surface area contributed by atoms with Gasteiger partial charge in [0.15, 0.2) is 0 Å². The fraction of sp³-hybridized carbons (Fsp3) is 0.500. The Kier molecular flexibility index (Phi) is 6.03. The molecule has 0 bridgehead atoms. The number of nitrogens with two attached hydrogens (primary N) is 1. The van der Waals surface area contributed by atoms with Crippen LogP contribution in [0.15, 0.2) is 36.1 Å². The van der Waals surface area contributed by atoms with Crippen LogP contribution in [0.25, 0.3) is 0 Å². The van der Waals surface area contributed by atoms with E-state index >= 15 is 0 Å². The summed E-state index contributed by atoms with van der Waals surface area (Å²) in [6, 6.07) is 0. The zero-order valence-electron chi connectivity index (χ0n) is 8.90. The molecule has 0 saturated carbocycles. The van der Waals surface area contributed by atoms with Crippen molar-refractivity contribution in [2.75, 3.05) is 0 Å². The predicted molar refractivity (Wildman–Crippen MR) is 60.4 cm³/mol. The van der Waals surface area contributed by atoms with E-state index < -0.39 is 0 Å². The van der Waals surface area contributed by atoms with Gasteiger partial charge in [0.1, 0.15) is 0 Å². The first kappa shape index (κ1) is 12.0. The Labute approximate surface area is 82.0 Å². The minimum Gasteiger partial charge on any atom is -0.399 e. The molecular formula is C12H21N. The molecule has 0 aromatic heterocycles. The minimum absolute atomic E-state index is 0.629. The number of hydrogen-bond acceptors (Lipinski definition) is 1. The highest BCUT2D eigenvalue weighted by Gasteiger charge is 1.98. The summed E-state index contributed by atoms with van der Waals surface area (Å²) in [6.07, 6.45) is 6.96. The first-order chi connectivity index (χ1) is 6.09. The summed E-state index contributed by atoms with van der Waals surface area (Å²) in [6.45, 7) is 11.8. The second kappa shape index (κ2) is 6.53. The van der Waals surface area contributed by atoms with Crippen molar-refractivity contribution in [3.05, 3.63) is 36.1 Å². The number of rotatable bonds is 6. The highest BCUT2D eigenvalue weighted by atomic mass is 14.6. The lowest BCUT2D eigenvalue weighted by Gasteiger charge is -2.05. The van der Waals surface area contributed by atoms with E-state index in [1.807, 2.05) is 6.92 Å². The lowest BCUT2D eigenvalue weighted by molar-refractivity contribution is 0.728. The molecule has 0 spiro atoms. The topological polar surface area (TPSA) is 26.0 Å². The maximum Gasteiger partial charge on any atom is 0.0313 e. The molecule has 0 saturated heterocycles. The largest absolute Gasteiger partial charge is 0.399 e. The summed E-state index contributed by atoms with van der Waals surface area (Å²) in [5, 5.41) is 0. The number of unbranched alkanes of at least 4 members (excludes halogenated alkanes) is 3. The average molecular weight is 179 g/mol. The highest BCUT2D eigenvalue weighted by Crippen LogP contribution is 2.14. The Hall–Kier alpha value is -0.980. The molecule has 0 amide bonds. The molecule has 0 aliphatic heterocycles. The van der Waals surface area contributed by atoms with Crippen molar-refractivity contribution >= 4 is 0 Å². The van der Waals surface area contributed by atoms with E-state index in [-0.39, 0.29) is 0 Å². The number of hydrogen-bond donors (Lipinski definition) is 1. The van der Waals surface area contributed by atoms with E-state index in [2.05, 4.69) is 26.2 Å². The van der Waals surface area contributed by atoms with Gasteiger partial charge in [-0.2, -0.15) is 0 Å². The van der Waals surface area contributed by atoms with Crippen molar-refractivity contribution in [1.82, 2.24) is 0 Å². The van der Waals surface area contributed by atoms with Crippen molar-refractivity contribution in [1.29, 1.82) is 0 Å². The summed E-state index contributed by atoms with van der Waals surface area (Å²) in [7, 11) is 0. The summed E-state index contributed by atoms with van der Waals surface area (Å²) in [5.74, 6) is 0. The first-order valence-electron chi connectivity index (χ1n) is 4.90. The van der Waals surface area contributed by atoms with Crippen LogP contribution >= 0.6 is 0 Å². The van der Waals surface area contributed by atoms with Crippen molar-refractivity contribution in [3.8, 4) is 0 Å². The van der Waals surface area contributed by atoms with Crippen LogP contribution in [0.5, 0.6) is 0 Å². The normalized spacial score (nSPS) is 11.4. The van der Waals surface area contributed by atoms with Crippen molar-refractivity contribution in [3.63, 3.8) is 0 Å². The summed E-state index contributed by atoms with van der Waals surface area (Å²) in [4.78, 5) is 0. The van der Waals surface area contributed by atoms with Crippen molar-refractivity contribution < 1.29 is 0 Å². The van der Waals surface area contributed by atoms with Gasteiger partial charge in [-0.05, 0) is 30.9 Å². The molecule has 0 aliphatic carbocycles. The van der Waals surface area contributed by atoms with Crippen LogP contribution in [0.3, 0.4) is 0 Å². The van der Waals surface area contributed by atoms with Gasteiger partial charge in [-0.25, -0.2) is 0 Å². The molecule has 0 rings (SSSR count). The minimum atomic E-state index is 0.629. The smallest absolute Gasteiger partial charge is 0.0313 e. The van der Waals surface area contributed by atoms with Gasteiger partial charge < -0.3 is 5.73 Å². The Balaban J connectivity index is 4.06. The standard InChI is InChI=1S/C12H21N/c1-5-6-7-8-9-12(10(2)3)11(4)13/h9H,2,4-8,13H2,1,3H3/b12-9-. The van der Waals surface area contributed by atoms with Crippen LogP contribution in [0.2, 0.25) is 0 Å². The fourth-order valence-electron chi connectivity index (χ4n) is 1.22. The molecule has 13 heavy (non-hydrogen) atoms. The second-order valence-corrected chi connectivity index (χ2v) is 3.42. The van der Waals surface area contributed by atoms with E-state index in [9.17, 15) is 0 Å². The SMILES string of the molecule is C=C(C)/C(=C/CCCCC)C(=C)N. The molecule has 1 heteroatoms. The van der Waals surface area contributed by atoms with E-state index in [1.165, 1.54) is 19.3 Å². The molecule has 0 aromatic rings. The lowest BCUT2D eigenvalue weighted by atomic mass is 10.0. The van der Waals surface area contributed by atoms with Gasteiger partial charge in [0.05, 0.1) is 0 Å².